The van der Waals surface area contributed by atoms with Crippen molar-refractivity contribution in [2.75, 3.05) is 6.61 Å². The van der Waals surface area contributed by atoms with Crippen LogP contribution in [0.2, 0.25) is 0 Å². The van der Waals surface area contributed by atoms with Crippen LogP contribution in [0.1, 0.15) is 123 Å². The van der Waals surface area contributed by atoms with Gasteiger partial charge in [-0.15, -0.1) is 0 Å². The van der Waals surface area contributed by atoms with Crippen molar-refractivity contribution in [2.24, 2.45) is 5.92 Å². The molecule has 0 amide bonds. The first-order chi connectivity index (χ1) is 13.1. The third kappa shape index (κ3) is 19.5. The van der Waals surface area contributed by atoms with Crippen molar-refractivity contribution in [3.8, 4) is 0 Å². The zero-order valence-electron chi connectivity index (χ0n) is 18.0. The second kappa shape index (κ2) is 19.7. The number of carboxylic acid groups (broad SMARTS) is 1. The van der Waals surface area contributed by atoms with E-state index < -0.39 is 5.97 Å². The van der Waals surface area contributed by atoms with Gasteiger partial charge in [-0.05, 0) is 25.2 Å². The van der Waals surface area contributed by atoms with Gasteiger partial charge in [0.25, 0.3) is 0 Å². The minimum absolute atomic E-state index is 0.0936. The zero-order chi connectivity index (χ0) is 20.2. The highest BCUT2D eigenvalue weighted by atomic mass is 16.5. The number of esters is 1. The van der Waals surface area contributed by atoms with Gasteiger partial charge in [0.05, 0.1) is 6.61 Å². The molecule has 0 saturated heterocycles. The van der Waals surface area contributed by atoms with E-state index in [2.05, 4.69) is 13.8 Å². The van der Waals surface area contributed by atoms with E-state index in [-0.39, 0.29) is 12.4 Å². The van der Waals surface area contributed by atoms with E-state index >= 15 is 0 Å². The Morgan fingerprint density at radius 1 is 0.704 bits per heavy atom. The van der Waals surface area contributed by atoms with Gasteiger partial charge >= 0.3 is 11.9 Å². The molecule has 0 saturated carbocycles. The molecular weight excluding hydrogens is 340 g/mol. The number of unbranched alkanes of at least 4 members (excludes halogenated alkanes) is 9. The van der Waals surface area contributed by atoms with Crippen molar-refractivity contribution >= 4 is 11.9 Å². The number of carbonyl (C=O) groups is 2. The summed E-state index contributed by atoms with van der Waals surface area (Å²) < 4.78 is 5.44. The second-order valence-electron chi connectivity index (χ2n) is 7.88. The van der Waals surface area contributed by atoms with Crippen LogP contribution < -0.4 is 0 Å². The van der Waals surface area contributed by atoms with Crippen molar-refractivity contribution in [3.05, 3.63) is 0 Å². The van der Waals surface area contributed by atoms with Crippen LogP contribution in [-0.4, -0.2) is 23.7 Å². The lowest BCUT2D eigenvalue weighted by atomic mass is 9.92. The molecule has 0 spiro atoms. The molecule has 0 heterocycles. The van der Waals surface area contributed by atoms with Gasteiger partial charge < -0.3 is 9.84 Å². The summed E-state index contributed by atoms with van der Waals surface area (Å²) in [6, 6.07) is 0. The van der Waals surface area contributed by atoms with Gasteiger partial charge in [-0.3, -0.25) is 9.59 Å². The Kier molecular flexibility index (Phi) is 18.9. The van der Waals surface area contributed by atoms with Crippen LogP contribution in [0, 0.1) is 5.92 Å². The Hall–Kier alpha value is -1.06. The van der Waals surface area contributed by atoms with E-state index in [0.717, 1.165) is 25.7 Å². The first-order valence-electron chi connectivity index (χ1n) is 11.5. The SMILES string of the molecule is CCCCCCC(CCCCCC)CCOC(=O)CCCCCCC(=O)O. The molecule has 0 aliphatic heterocycles. The highest BCUT2D eigenvalue weighted by Gasteiger charge is 2.10. The standard InChI is InChI=1S/C23H44O4/c1-3-5-7-11-15-21(16-12-8-6-4-2)19-20-27-23(26)18-14-10-9-13-17-22(24)25/h21H,3-20H2,1-2H3,(H,24,25). The van der Waals surface area contributed by atoms with E-state index in [1.165, 1.54) is 64.2 Å². The van der Waals surface area contributed by atoms with Crippen molar-refractivity contribution in [1.29, 1.82) is 0 Å². The van der Waals surface area contributed by atoms with Gasteiger partial charge in [-0.1, -0.05) is 90.9 Å². The van der Waals surface area contributed by atoms with Crippen LogP contribution in [-0.2, 0) is 14.3 Å². The molecule has 0 aliphatic rings. The number of hydrogen-bond acceptors (Lipinski definition) is 3. The maximum atomic E-state index is 11.8. The maximum absolute atomic E-state index is 11.8. The number of hydrogen-bond donors (Lipinski definition) is 1. The molecule has 0 aliphatic carbocycles. The minimum Gasteiger partial charge on any atom is -0.481 e. The fraction of sp³-hybridized carbons (Fsp3) is 0.913. The van der Waals surface area contributed by atoms with Crippen molar-refractivity contribution in [1.82, 2.24) is 0 Å². The van der Waals surface area contributed by atoms with Crippen molar-refractivity contribution < 1.29 is 19.4 Å². The lowest BCUT2D eigenvalue weighted by molar-refractivity contribution is -0.144. The quantitative estimate of drug-likeness (QED) is 0.183. The predicted molar refractivity (Wildman–Crippen MR) is 112 cm³/mol. The smallest absolute Gasteiger partial charge is 0.305 e. The summed E-state index contributed by atoms with van der Waals surface area (Å²) in [5.41, 5.74) is 0. The maximum Gasteiger partial charge on any atom is 0.305 e. The normalized spacial score (nSPS) is 11.1. The second-order valence-corrected chi connectivity index (χ2v) is 7.88. The fourth-order valence-electron chi connectivity index (χ4n) is 3.46. The van der Waals surface area contributed by atoms with Gasteiger partial charge in [-0.25, -0.2) is 0 Å². The molecule has 0 unspecified atom stereocenters. The summed E-state index contributed by atoms with van der Waals surface area (Å²) in [5, 5.41) is 8.59. The Bertz CT molecular complexity index is 342. The topological polar surface area (TPSA) is 63.6 Å². The summed E-state index contributed by atoms with van der Waals surface area (Å²) in [6.45, 7) is 5.05. The highest BCUT2D eigenvalue weighted by molar-refractivity contribution is 5.69. The van der Waals surface area contributed by atoms with Crippen molar-refractivity contribution in [2.45, 2.75) is 123 Å². The number of carbonyl (C=O) groups excluding carboxylic acids is 1. The van der Waals surface area contributed by atoms with Gasteiger partial charge in [0.1, 0.15) is 0 Å². The summed E-state index contributed by atoms with van der Waals surface area (Å²) in [7, 11) is 0. The van der Waals surface area contributed by atoms with E-state index in [1.54, 1.807) is 0 Å². The van der Waals surface area contributed by atoms with Gasteiger partial charge in [0, 0.05) is 12.8 Å². The number of carboxylic acids is 1. The molecule has 0 aromatic carbocycles. The van der Waals surface area contributed by atoms with Crippen molar-refractivity contribution in [3.63, 3.8) is 0 Å². The largest absolute Gasteiger partial charge is 0.481 e. The summed E-state index contributed by atoms with van der Waals surface area (Å²) in [6.07, 6.45) is 17.9. The van der Waals surface area contributed by atoms with E-state index in [0.29, 0.717) is 25.4 Å². The molecular formula is C23H44O4. The Morgan fingerprint density at radius 2 is 1.22 bits per heavy atom. The van der Waals surface area contributed by atoms with Crippen LogP contribution in [0.3, 0.4) is 0 Å². The lowest BCUT2D eigenvalue weighted by Crippen LogP contribution is -2.10. The average molecular weight is 385 g/mol. The molecule has 0 aromatic heterocycles. The summed E-state index contributed by atoms with van der Waals surface area (Å²) >= 11 is 0. The van der Waals surface area contributed by atoms with Crippen LogP contribution in [0.4, 0.5) is 0 Å². The fourth-order valence-corrected chi connectivity index (χ4v) is 3.46. The molecule has 4 nitrogen and oxygen atoms in total. The molecule has 0 atom stereocenters. The summed E-state index contributed by atoms with van der Waals surface area (Å²) in [4.78, 5) is 22.3. The number of aliphatic carboxylic acids is 1. The van der Waals surface area contributed by atoms with E-state index in [1.807, 2.05) is 0 Å². The van der Waals surface area contributed by atoms with Crippen LogP contribution in [0.25, 0.3) is 0 Å². The van der Waals surface area contributed by atoms with E-state index in [9.17, 15) is 9.59 Å². The molecule has 0 fully saturated rings. The molecule has 0 bridgehead atoms. The lowest BCUT2D eigenvalue weighted by Gasteiger charge is -2.17. The number of ether oxygens (including phenoxy) is 1. The Labute approximate surface area is 167 Å². The first-order valence-corrected chi connectivity index (χ1v) is 11.5. The third-order valence-electron chi connectivity index (χ3n) is 5.24. The van der Waals surface area contributed by atoms with Gasteiger partial charge in [0.2, 0.25) is 0 Å². The Morgan fingerprint density at radius 3 is 1.74 bits per heavy atom. The molecule has 0 aromatic rings. The molecule has 27 heavy (non-hydrogen) atoms. The zero-order valence-corrected chi connectivity index (χ0v) is 18.0. The highest BCUT2D eigenvalue weighted by Crippen LogP contribution is 2.21. The molecule has 4 heteroatoms. The minimum atomic E-state index is -0.742. The molecule has 160 valence electrons. The predicted octanol–water partition coefficient (Wildman–Crippen LogP) is 6.90. The van der Waals surface area contributed by atoms with Crippen LogP contribution >= 0.6 is 0 Å². The Balaban J connectivity index is 3.82. The third-order valence-corrected chi connectivity index (χ3v) is 5.24. The molecule has 0 rings (SSSR count). The molecule has 1 N–H and O–H groups in total. The van der Waals surface area contributed by atoms with E-state index in [4.69, 9.17) is 9.84 Å². The van der Waals surface area contributed by atoms with Gasteiger partial charge in [0.15, 0.2) is 0 Å². The van der Waals surface area contributed by atoms with Crippen LogP contribution in [0.5, 0.6) is 0 Å². The molecule has 0 radical (unpaired) electrons. The summed E-state index contributed by atoms with van der Waals surface area (Å²) in [5.74, 6) is -0.139. The monoisotopic (exact) mass is 384 g/mol. The van der Waals surface area contributed by atoms with Crippen LogP contribution in [0.15, 0.2) is 0 Å². The first kappa shape index (κ1) is 25.9. The number of rotatable bonds is 20. The average Bonchev–Trinajstić information content (AvgIpc) is 2.64. The van der Waals surface area contributed by atoms with Gasteiger partial charge in [-0.2, -0.15) is 0 Å².